The van der Waals surface area contributed by atoms with Gasteiger partial charge in [-0.1, -0.05) is 32.3 Å². The third-order valence-corrected chi connectivity index (χ3v) is 2.62. The second-order valence-electron chi connectivity index (χ2n) is 3.99. The molecule has 3 nitrogen and oxygen atoms in total. The highest BCUT2D eigenvalue weighted by atomic mass is 16.5. The van der Waals surface area contributed by atoms with Gasteiger partial charge in [-0.25, -0.2) is 0 Å². The molecular weight excluding hydrogens is 214 g/mol. The number of nitrogens with zero attached hydrogens (tertiary/aromatic N) is 1. The number of ether oxygens (including phenoxy) is 1. The number of methoxy groups -OCH3 is 1. The van der Waals surface area contributed by atoms with Crippen LogP contribution < -0.4 is 4.74 Å². The van der Waals surface area contributed by atoms with Gasteiger partial charge in [0.15, 0.2) is 11.5 Å². The molecule has 0 atom stereocenters. The summed E-state index contributed by atoms with van der Waals surface area (Å²) < 4.78 is 5.03. The largest absolute Gasteiger partial charge is 0.504 e. The van der Waals surface area contributed by atoms with Gasteiger partial charge in [0, 0.05) is 18.3 Å². The van der Waals surface area contributed by atoms with E-state index in [1.165, 1.54) is 19.3 Å². The summed E-state index contributed by atoms with van der Waals surface area (Å²) in [6, 6.07) is 5.40. The summed E-state index contributed by atoms with van der Waals surface area (Å²) in [5, 5.41) is 9.81. The molecule has 0 heterocycles. The first kappa shape index (κ1) is 13.6. The maximum atomic E-state index is 9.81. The summed E-state index contributed by atoms with van der Waals surface area (Å²) >= 11 is 0. The smallest absolute Gasteiger partial charge is 0.166 e. The molecule has 1 N–H and O–H groups in total. The van der Waals surface area contributed by atoms with Crippen molar-refractivity contribution < 1.29 is 9.84 Å². The van der Waals surface area contributed by atoms with Crippen molar-refractivity contribution in [1.82, 2.24) is 0 Å². The first-order valence-corrected chi connectivity index (χ1v) is 6.15. The fourth-order valence-corrected chi connectivity index (χ4v) is 1.60. The van der Waals surface area contributed by atoms with E-state index in [0.717, 1.165) is 13.0 Å². The lowest BCUT2D eigenvalue weighted by atomic mass is 10.2. The standard InChI is InChI=1S/C14H21NO2/c1-3-4-5-6-10-15-11-12-8-7-9-13(17-2)14(12)16/h7-9,11,16H,3-6,10H2,1-2H3. The molecule has 0 radical (unpaired) electrons. The monoisotopic (exact) mass is 235 g/mol. The first-order chi connectivity index (χ1) is 8.29. The van der Waals surface area contributed by atoms with E-state index in [2.05, 4.69) is 11.9 Å². The van der Waals surface area contributed by atoms with Crippen molar-refractivity contribution in [1.29, 1.82) is 0 Å². The molecule has 1 aromatic rings. The first-order valence-electron chi connectivity index (χ1n) is 6.15. The van der Waals surface area contributed by atoms with Crippen LogP contribution in [0, 0.1) is 0 Å². The molecule has 17 heavy (non-hydrogen) atoms. The van der Waals surface area contributed by atoms with Gasteiger partial charge in [-0.05, 0) is 18.6 Å². The van der Waals surface area contributed by atoms with Crippen molar-refractivity contribution in [3.05, 3.63) is 23.8 Å². The average Bonchev–Trinajstić information content (AvgIpc) is 2.35. The predicted molar refractivity (Wildman–Crippen MR) is 71.3 cm³/mol. The van der Waals surface area contributed by atoms with E-state index in [4.69, 9.17) is 4.74 Å². The van der Waals surface area contributed by atoms with Crippen molar-refractivity contribution in [3.63, 3.8) is 0 Å². The van der Waals surface area contributed by atoms with Crippen molar-refractivity contribution in [2.24, 2.45) is 4.99 Å². The molecule has 94 valence electrons. The summed E-state index contributed by atoms with van der Waals surface area (Å²) in [6.07, 6.45) is 6.54. The number of aromatic hydroxyl groups is 1. The Balaban J connectivity index is 2.48. The zero-order chi connectivity index (χ0) is 12.5. The van der Waals surface area contributed by atoms with Crippen LogP contribution in [0.25, 0.3) is 0 Å². The lowest BCUT2D eigenvalue weighted by Gasteiger charge is -2.04. The third kappa shape index (κ3) is 4.47. The van der Waals surface area contributed by atoms with E-state index < -0.39 is 0 Å². The van der Waals surface area contributed by atoms with Gasteiger partial charge in [0.1, 0.15) is 0 Å². The quantitative estimate of drug-likeness (QED) is 0.581. The molecule has 0 aromatic heterocycles. The van der Waals surface area contributed by atoms with Gasteiger partial charge in [-0.15, -0.1) is 0 Å². The fourth-order valence-electron chi connectivity index (χ4n) is 1.60. The Labute approximate surface area is 103 Å². The van der Waals surface area contributed by atoms with Gasteiger partial charge in [-0.2, -0.15) is 0 Å². The molecule has 0 aliphatic heterocycles. The molecule has 0 fully saturated rings. The van der Waals surface area contributed by atoms with Gasteiger partial charge in [0.2, 0.25) is 0 Å². The van der Waals surface area contributed by atoms with Gasteiger partial charge in [-0.3, -0.25) is 4.99 Å². The second-order valence-corrected chi connectivity index (χ2v) is 3.99. The summed E-state index contributed by atoms with van der Waals surface area (Å²) in [5.74, 6) is 0.646. The Kier molecular flexibility index (Phi) is 6.15. The molecule has 0 bridgehead atoms. The van der Waals surface area contributed by atoms with E-state index in [1.54, 1.807) is 19.4 Å². The molecule has 0 unspecified atom stereocenters. The molecule has 3 heteroatoms. The number of rotatable bonds is 7. The van der Waals surface area contributed by atoms with E-state index >= 15 is 0 Å². The number of phenols is 1. The molecule has 0 saturated heterocycles. The Bertz CT molecular complexity index is 361. The van der Waals surface area contributed by atoms with Gasteiger partial charge >= 0.3 is 0 Å². The van der Waals surface area contributed by atoms with Crippen LogP contribution in [0.5, 0.6) is 11.5 Å². The second kappa shape index (κ2) is 7.71. The Hall–Kier alpha value is -1.51. The third-order valence-electron chi connectivity index (χ3n) is 2.62. The summed E-state index contributed by atoms with van der Waals surface area (Å²) in [4.78, 5) is 4.31. The minimum absolute atomic E-state index is 0.160. The van der Waals surface area contributed by atoms with E-state index in [-0.39, 0.29) is 5.75 Å². The summed E-state index contributed by atoms with van der Waals surface area (Å²) in [7, 11) is 1.54. The highest BCUT2D eigenvalue weighted by molar-refractivity contribution is 5.84. The minimum Gasteiger partial charge on any atom is -0.504 e. The predicted octanol–water partition coefficient (Wildman–Crippen LogP) is 3.40. The molecule has 1 aromatic carbocycles. The van der Waals surface area contributed by atoms with Crippen LogP contribution in [0.2, 0.25) is 0 Å². The lowest BCUT2D eigenvalue weighted by molar-refractivity contribution is 0.373. The molecule has 0 amide bonds. The zero-order valence-corrected chi connectivity index (χ0v) is 10.6. The van der Waals surface area contributed by atoms with Crippen LogP contribution in [-0.2, 0) is 0 Å². The topological polar surface area (TPSA) is 41.8 Å². The Morgan fingerprint density at radius 2 is 2.12 bits per heavy atom. The van der Waals surface area contributed by atoms with Crippen molar-refractivity contribution in [2.75, 3.05) is 13.7 Å². The Morgan fingerprint density at radius 1 is 1.29 bits per heavy atom. The molecular formula is C14H21NO2. The van der Waals surface area contributed by atoms with Crippen LogP contribution in [0.15, 0.2) is 23.2 Å². The number of phenolic OH excluding ortho intramolecular Hbond substituents is 1. The number of para-hydroxylation sites is 1. The number of hydrogen-bond donors (Lipinski definition) is 1. The minimum atomic E-state index is 0.160. The van der Waals surface area contributed by atoms with Crippen molar-refractivity contribution >= 4 is 6.21 Å². The highest BCUT2D eigenvalue weighted by Gasteiger charge is 2.04. The van der Waals surface area contributed by atoms with Crippen LogP contribution in [0.1, 0.15) is 38.2 Å². The maximum absolute atomic E-state index is 9.81. The van der Waals surface area contributed by atoms with E-state index in [1.807, 2.05) is 12.1 Å². The Morgan fingerprint density at radius 3 is 2.82 bits per heavy atom. The maximum Gasteiger partial charge on any atom is 0.166 e. The number of unbranched alkanes of at least 4 members (excludes halogenated alkanes) is 3. The lowest BCUT2D eigenvalue weighted by Crippen LogP contribution is -1.89. The number of benzene rings is 1. The molecule has 0 aliphatic carbocycles. The van der Waals surface area contributed by atoms with Crippen LogP contribution >= 0.6 is 0 Å². The van der Waals surface area contributed by atoms with Crippen LogP contribution in [0.4, 0.5) is 0 Å². The number of hydrogen-bond acceptors (Lipinski definition) is 3. The number of aliphatic imine (C=N–C) groups is 1. The van der Waals surface area contributed by atoms with Crippen LogP contribution in [0.3, 0.4) is 0 Å². The molecule has 0 spiro atoms. The fraction of sp³-hybridized carbons (Fsp3) is 0.500. The highest BCUT2D eigenvalue weighted by Crippen LogP contribution is 2.27. The van der Waals surface area contributed by atoms with Crippen molar-refractivity contribution in [2.45, 2.75) is 32.6 Å². The SMILES string of the molecule is CCCCCCN=Cc1cccc(OC)c1O. The van der Waals surface area contributed by atoms with Crippen molar-refractivity contribution in [3.8, 4) is 11.5 Å². The molecule has 0 aliphatic rings. The molecule has 0 saturated carbocycles. The molecule has 1 rings (SSSR count). The van der Waals surface area contributed by atoms with Gasteiger partial charge in [0.05, 0.1) is 7.11 Å². The zero-order valence-electron chi connectivity index (χ0n) is 10.6. The summed E-state index contributed by atoms with van der Waals surface area (Å²) in [6.45, 7) is 3.01. The van der Waals surface area contributed by atoms with E-state index in [0.29, 0.717) is 11.3 Å². The average molecular weight is 235 g/mol. The van der Waals surface area contributed by atoms with Crippen LogP contribution in [-0.4, -0.2) is 25.0 Å². The van der Waals surface area contributed by atoms with E-state index in [9.17, 15) is 5.11 Å². The summed E-state index contributed by atoms with van der Waals surface area (Å²) in [5.41, 5.74) is 0.708. The van der Waals surface area contributed by atoms with Gasteiger partial charge < -0.3 is 9.84 Å². The van der Waals surface area contributed by atoms with Gasteiger partial charge in [0.25, 0.3) is 0 Å². The normalized spacial score (nSPS) is 10.9.